The van der Waals surface area contributed by atoms with Crippen molar-refractivity contribution in [3.05, 3.63) is 71.4 Å². The molecule has 1 heterocycles. The molecule has 0 unspecified atom stereocenters. The SMILES string of the molecule is CN(O)C(=O)C=Cc1cc(-c2ccc(Cl)cc2)n(-c2ccccc2S(N)(=O)=O)n1. The molecule has 3 aromatic rings. The summed E-state index contributed by atoms with van der Waals surface area (Å²) in [5, 5.41) is 19.9. The van der Waals surface area contributed by atoms with Gasteiger partial charge in [0.2, 0.25) is 10.0 Å². The van der Waals surface area contributed by atoms with Crippen LogP contribution in [-0.2, 0) is 14.8 Å². The second-order valence-corrected chi connectivity index (χ2v) is 8.05. The first-order valence-electron chi connectivity index (χ1n) is 8.29. The van der Waals surface area contributed by atoms with E-state index < -0.39 is 15.9 Å². The summed E-state index contributed by atoms with van der Waals surface area (Å²) in [6.07, 6.45) is 2.55. The third-order valence-corrected chi connectivity index (χ3v) is 5.19. The first-order valence-corrected chi connectivity index (χ1v) is 10.2. The fourth-order valence-corrected chi connectivity index (χ4v) is 3.47. The van der Waals surface area contributed by atoms with Crippen LogP contribution in [0.4, 0.5) is 0 Å². The van der Waals surface area contributed by atoms with Gasteiger partial charge in [0.15, 0.2) is 0 Å². The maximum atomic E-state index is 12.0. The van der Waals surface area contributed by atoms with Crippen molar-refractivity contribution in [3.8, 4) is 16.9 Å². The molecule has 150 valence electrons. The van der Waals surface area contributed by atoms with E-state index in [9.17, 15) is 18.4 Å². The number of carbonyl (C=O) groups excluding carboxylic acids is 1. The van der Waals surface area contributed by atoms with Crippen LogP contribution in [0.25, 0.3) is 23.0 Å². The van der Waals surface area contributed by atoms with Crippen molar-refractivity contribution in [1.29, 1.82) is 0 Å². The number of hydrogen-bond acceptors (Lipinski definition) is 5. The Morgan fingerprint density at radius 3 is 2.48 bits per heavy atom. The fourth-order valence-electron chi connectivity index (χ4n) is 2.63. The van der Waals surface area contributed by atoms with E-state index in [1.165, 1.54) is 23.9 Å². The van der Waals surface area contributed by atoms with Crippen LogP contribution in [-0.4, -0.2) is 41.4 Å². The van der Waals surface area contributed by atoms with Gasteiger partial charge in [-0.15, -0.1) is 0 Å². The third kappa shape index (κ3) is 4.72. The van der Waals surface area contributed by atoms with E-state index in [-0.39, 0.29) is 10.6 Å². The van der Waals surface area contributed by atoms with Gasteiger partial charge in [-0.1, -0.05) is 35.9 Å². The summed E-state index contributed by atoms with van der Waals surface area (Å²) in [6.45, 7) is 0. The predicted octanol–water partition coefficient (Wildman–Crippen LogP) is 2.70. The number of primary sulfonamides is 1. The molecule has 0 aliphatic heterocycles. The normalized spacial score (nSPS) is 11.7. The summed E-state index contributed by atoms with van der Waals surface area (Å²) in [4.78, 5) is 11.5. The number of benzene rings is 2. The van der Waals surface area contributed by atoms with Crippen LogP contribution in [0.1, 0.15) is 5.69 Å². The molecule has 0 fully saturated rings. The number of nitrogens with two attached hydrogens (primary N) is 1. The molecule has 29 heavy (non-hydrogen) atoms. The number of para-hydroxylation sites is 1. The average Bonchev–Trinajstić information content (AvgIpc) is 3.10. The van der Waals surface area contributed by atoms with E-state index >= 15 is 0 Å². The number of halogens is 1. The summed E-state index contributed by atoms with van der Waals surface area (Å²) in [5.41, 5.74) is 1.90. The van der Waals surface area contributed by atoms with Crippen molar-refractivity contribution in [3.63, 3.8) is 0 Å². The molecule has 0 saturated heterocycles. The van der Waals surface area contributed by atoms with Crippen molar-refractivity contribution in [2.24, 2.45) is 5.14 Å². The predicted molar refractivity (Wildman–Crippen MR) is 109 cm³/mol. The Kier molecular flexibility index (Phi) is 5.85. The standard InChI is InChI=1S/C19H17ClN4O4S/c1-23(26)19(25)11-10-15-12-17(13-6-8-14(20)9-7-13)24(22-15)16-4-2-3-5-18(16)29(21,27)28/h2-12,26H,1H3,(H2,21,27,28). The van der Waals surface area contributed by atoms with E-state index in [2.05, 4.69) is 5.10 Å². The van der Waals surface area contributed by atoms with Crippen molar-refractivity contribution in [2.45, 2.75) is 4.90 Å². The summed E-state index contributed by atoms with van der Waals surface area (Å²) in [5.74, 6) is -0.641. The first-order chi connectivity index (χ1) is 13.7. The Hall–Kier alpha value is -2.98. The minimum atomic E-state index is -4.01. The highest BCUT2D eigenvalue weighted by Crippen LogP contribution is 2.28. The number of hydrogen-bond donors (Lipinski definition) is 2. The van der Waals surface area contributed by atoms with Crippen LogP contribution in [0.3, 0.4) is 0 Å². The number of rotatable bonds is 5. The first kappa shape index (κ1) is 20.7. The Balaban J connectivity index is 2.20. The van der Waals surface area contributed by atoms with Gasteiger partial charge in [-0.3, -0.25) is 10.0 Å². The highest BCUT2D eigenvalue weighted by molar-refractivity contribution is 7.89. The quantitative estimate of drug-likeness (QED) is 0.365. The number of sulfonamides is 1. The third-order valence-electron chi connectivity index (χ3n) is 3.98. The Labute approximate surface area is 172 Å². The van der Waals surface area contributed by atoms with Crippen LogP contribution in [0.5, 0.6) is 0 Å². The van der Waals surface area contributed by atoms with E-state index in [1.807, 2.05) is 0 Å². The molecule has 0 spiro atoms. The Morgan fingerprint density at radius 2 is 1.86 bits per heavy atom. The zero-order valence-electron chi connectivity index (χ0n) is 15.2. The molecule has 0 bridgehead atoms. The number of aromatic nitrogens is 2. The van der Waals surface area contributed by atoms with Crippen molar-refractivity contribution < 1.29 is 18.4 Å². The van der Waals surface area contributed by atoms with Gasteiger partial charge in [-0.25, -0.2) is 23.3 Å². The Bertz CT molecular complexity index is 1190. The minimum Gasteiger partial charge on any atom is -0.286 e. The number of hydroxylamine groups is 2. The van der Waals surface area contributed by atoms with Crippen LogP contribution in [0.15, 0.2) is 65.6 Å². The van der Waals surface area contributed by atoms with Gasteiger partial charge in [0.05, 0.1) is 17.1 Å². The second-order valence-electron chi connectivity index (χ2n) is 6.08. The van der Waals surface area contributed by atoms with Crippen LogP contribution < -0.4 is 5.14 Å². The molecule has 0 radical (unpaired) electrons. The lowest BCUT2D eigenvalue weighted by Crippen LogP contribution is -2.19. The molecular formula is C19H17ClN4O4S. The van der Waals surface area contributed by atoms with Gasteiger partial charge in [0, 0.05) is 23.7 Å². The summed E-state index contributed by atoms with van der Waals surface area (Å²) in [7, 11) is -2.81. The highest BCUT2D eigenvalue weighted by atomic mass is 35.5. The molecule has 0 saturated carbocycles. The lowest BCUT2D eigenvalue weighted by molar-refractivity contribution is -0.153. The molecule has 3 N–H and O–H groups in total. The molecule has 0 aliphatic carbocycles. The molecule has 3 rings (SSSR count). The Morgan fingerprint density at radius 1 is 1.21 bits per heavy atom. The molecule has 1 amide bonds. The van der Waals surface area contributed by atoms with Crippen LogP contribution in [0, 0.1) is 0 Å². The van der Waals surface area contributed by atoms with E-state index in [0.717, 1.165) is 11.6 Å². The molecule has 1 aromatic heterocycles. The topological polar surface area (TPSA) is 119 Å². The fraction of sp³-hybridized carbons (Fsp3) is 0.0526. The van der Waals surface area contributed by atoms with Crippen molar-refractivity contribution >= 4 is 33.6 Å². The zero-order valence-corrected chi connectivity index (χ0v) is 16.8. The number of amides is 1. The molecule has 0 aliphatic rings. The van der Waals surface area contributed by atoms with Gasteiger partial charge < -0.3 is 0 Å². The van der Waals surface area contributed by atoms with Crippen molar-refractivity contribution in [1.82, 2.24) is 14.8 Å². The van der Waals surface area contributed by atoms with E-state index in [4.69, 9.17) is 16.7 Å². The van der Waals surface area contributed by atoms with Gasteiger partial charge >= 0.3 is 0 Å². The molecule has 0 atom stereocenters. The van der Waals surface area contributed by atoms with Gasteiger partial charge in [0.1, 0.15) is 4.90 Å². The number of likely N-dealkylation sites (N-methyl/N-ethyl adjacent to an activating group) is 1. The second kappa shape index (κ2) is 8.18. The lowest BCUT2D eigenvalue weighted by atomic mass is 10.1. The molecule has 8 nitrogen and oxygen atoms in total. The summed E-state index contributed by atoms with van der Waals surface area (Å²) < 4.78 is 25.5. The van der Waals surface area contributed by atoms with Gasteiger partial charge in [-0.05, 0) is 36.4 Å². The monoisotopic (exact) mass is 432 g/mol. The molecule has 10 heteroatoms. The smallest absolute Gasteiger partial charge is 0.269 e. The maximum Gasteiger partial charge on any atom is 0.269 e. The van der Waals surface area contributed by atoms with Gasteiger partial charge in [0.25, 0.3) is 5.91 Å². The van der Waals surface area contributed by atoms with Crippen LogP contribution in [0.2, 0.25) is 5.02 Å². The number of nitrogens with zero attached hydrogens (tertiary/aromatic N) is 3. The number of carbonyl (C=O) groups is 1. The van der Waals surface area contributed by atoms with E-state index in [0.29, 0.717) is 21.5 Å². The van der Waals surface area contributed by atoms with Crippen LogP contribution >= 0.6 is 11.6 Å². The minimum absolute atomic E-state index is 0.0972. The summed E-state index contributed by atoms with van der Waals surface area (Å²) >= 11 is 5.97. The van der Waals surface area contributed by atoms with E-state index in [1.54, 1.807) is 48.5 Å². The lowest BCUT2D eigenvalue weighted by Gasteiger charge is -2.11. The van der Waals surface area contributed by atoms with Crippen molar-refractivity contribution in [2.75, 3.05) is 7.05 Å². The zero-order chi connectivity index (χ0) is 21.2. The maximum absolute atomic E-state index is 12.0. The average molecular weight is 433 g/mol. The highest BCUT2D eigenvalue weighted by Gasteiger charge is 2.19. The largest absolute Gasteiger partial charge is 0.286 e. The van der Waals surface area contributed by atoms with Gasteiger partial charge in [-0.2, -0.15) is 5.10 Å². The molecular weight excluding hydrogens is 416 g/mol. The summed E-state index contributed by atoms with van der Waals surface area (Å²) in [6, 6.07) is 14.8. The molecule has 2 aromatic carbocycles.